The molecular formula is C13H14ClNO. The maximum absolute atomic E-state index is 5.76. The van der Waals surface area contributed by atoms with Crippen LogP contribution in [0.1, 0.15) is 23.7 Å². The van der Waals surface area contributed by atoms with Crippen molar-refractivity contribution in [3.05, 3.63) is 41.1 Å². The first-order chi connectivity index (χ1) is 7.76. The SMILES string of the molecule is CCc1ccc(-c2onc(CCl)c2C)cc1. The molecule has 0 N–H and O–H groups in total. The molecule has 2 nitrogen and oxygen atoms in total. The number of hydrogen-bond donors (Lipinski definition) is 0. The van der Waals surface area contributed by atoms with Gasteiger partial charge in [0.05, 0.1) is 5.88 Å². The van der Waals surface area contributed by atoms with E-state index in [1.807, 2.05) is 6.92 Å². The summed E-state index contributed by atoms with van der Waals surface area (Å²) < 4.78 is 5.31. The molecule has 16 heavy (non-hydrogen) atoms. The number of aryl methyl sites for hydroxylation is 1. The fourth-order valence-electron chi connectivity index (χ4n) is 1.65. The Morgan fingerprint density at radius 2 is 1.94 bits per heavy atom. The van der Waals surface area contributed by atoms with Gasteiger partial charge < -0.3 is 4.52 Å². The van der Waals surface area contributed by atoms with Crippen molar-refractivity contribution in [3.8, 4) is 11.3 Å². The van der Waals surface area contributed by atoms with Crippen LogP contribution in [0.25, 0.3) is 11.3 Å². The van der Waals surface area contributed by atoms with Crippen LogP contribution in [0.5, 0.6) is 0 Å². The molecule has 1 heterocycles. The van der Waals surface area contributed by atoms with Gasteiger partial charge in [-0.05, 0) is 18.9 Å². The molecule has 2 rings (SSSR count). The van der Waals surface area contributed by atoms with Gasteiger partial charge in [-0.25, -0.2) is 0 Å². The lowest BCUT2D eigenvalue weighted by molar-refractivity contribution is 0.426. The quantitative estimate of drug-likeness (QED) is 0.753. The molecule has 1 aromatic carbocycles. The average Bonchev–Trinajstić information content (AvgIpc) is 2.70. The van der Waals surface area contributed by atoms with Crippen molar-refractivity contribution < 1.29 is 4.52 Å². The van der Waals surface area contributed by atoms with Gasteiger partial charge in [-0.1, -0.05) is 36.3 Å². The van der Waals surface area contributed by atoms with Crippen molar-refractivity contribution in [2.24, 2.45) is 0 Å². The van der Waals surface area contributed by atoms with Crippen molar-refractivity contribution >= 4 is 11.6 Å². The Kier molecular flexibility index (Phi) is 3.30. The summed E-state index contributed by atoms with van der Waals surface area (Å²) in [7, 11) is 0. The summed E-state index contributed by atoms with van der Waals surface area (Å²) in [4.78, 5) is 0. The molecule has 1 aromatic heterocycles. The zero-order valence-electron chi connectivity index (χ0n) is 9.46. The molecule has 0 bridgehead atoms. The minimum Gasteiger partial charge on any atom is -0.356 e. The van der Waals surface area contributed by atoms with Gasteiger partial charge in [-0.3, -0.25) is 0 Å². The van der Waals surface area contributed by atoms with E-state index in [1.165, 1.54) is 5.56 Å². The topological polar surface area (TPSA) is 26.0 Å². The van der Waals surface area contributed by atoms with Gasteiger partial charge in [-0.2, -0.15) is 0 Å². The number of hydrogen-bond acceptors (Lipinski definition) is 2. The summed E-state index contributed by atoms with van der Waals surface area (Å²) in [5, 5.41) is 3.95. The van der Waals surface area contributed by atoms with Crippen molar-refractivity contribution in [3.63, 3.8) is 0 Å². The first-order valence-electron chi connectivity index (χ1n) is 5.36. The van der Waals surface area contributed by atoms with Gasteiger partial charge in [0.2, 0.25) is 0 Å². The minimum absolute atomic E-state index is 0.391. The standard InChI is InChI=1S/C13H14ClNO/c1-3-10-4-6-11(7-5-10)13-9(2)12(8-14)15-16-13/h4-7H,3,8H2,1-2H3. The Labute approximate surface area is 100 Å². The van der Waals surface area contributed by atoms with Crippen LogP contribution in [0, 0.1) is 6.92 Å². The summed E-state index contributed by atoms with van der Waals surface area (Å²) in [5.74, 6) is 1.21. The second-order valence-electron chi connectivity index (χ2n) is 3.77. The Morgan fingerprint density at radius 3 is 2.44 bits per heavy atom. The van der Waals surface area contributed by atoms with E-state index >= 15 is 0 Å². The molecule has 0 aliphatic heterocycles. The van der Waals surface area contributed by atoms with E-state index in [0.29, 0.717) is 5.88 Å². The molecule has 0 saturated heterocycles. The predicted molar refractivity (Wildman–Crippen MR) is 65.6 cm³/mol. The van der Waals surface area contributed by atoms with Gasteiger partial charge in [0.15, 0.2) is 5.76 Å². The van der Waals surface area contributed by atoms with E-state index in [9.17, 15) is 0 Å². The first-order valence-corrected chi connectivity index (χ1v) is 5.90. The summed E-state index contributed by atoms with van der Waals surface area (Å²) >= 11 is 5.76. The molecule has 2 aromatic rings. The minimum atomic E-state index is 0.391. The third kappa shape index (κ3) is 1.98. The van der Waals surface area contributed by atoms with E-state index in [0.717, 1.165) is 29.0 Å². The summed E-state index contributed by atoms with van der Waals surface area (Å²) in [6, 6.07) is 8.34. The molecule has 0 spiro atoms. The van der Waals surface area contributed by atoms with Crippen LogP contribution in [0.3, 0.4) is 0 Å². The third-order valence-electron chi connectivity index (χ3n) is 2.77. The average molecular weight is 236 g/mol. The fourth-order valence-corrected chi connectivity index (χ4v) is 1.90. The molecule has 84 valence electrons. The van der Waals surface area contributed by atoms with Gasteiger partial charge in [0.1, 0.15) is 5.69 Å². The van der Waals surface area contributed by atoms with Crippen molar-refractivity contribution in [1.29, 1.82) is 0 Å². The van der Waals surface area contributed by atoms with E-state index in [2.05, 4.69) is 36.3 Å². The molecule has 0 unspecified atom stereocenters. The lowest BCUT2D eigenvalue weighted by atomic mass is 10.1. The molecule has 0 aliphatic rings. The normalized spacial score (nSPS) is 10.7. The lowest BCUT2D eigenvalue weighted by Gasteiger charge is -2.00. The zero-order chi connectivity index (χ0) is 11.5. The molecule has 0 atom stereocenters. The van der Waals surface area contributed by atoms with Crippen LogP contribution >= 0.6 is 11.6 Å². The second-order valence-corrected chi connectivity index (χ2v) is 4.03. The summed E-state index contributed by atoms with van der Waals surface area (Å²) in [6.07, 6.45) is 1.04. The van der Waals surface area contributed by atoms with Crippen LogP contribution in [0.15, 0.2) is 28.8 Å². The number of nitrogens with zero attached hydrogens (tertiary/aromatic N) is 1. The van der Waals surface area contributed by atoms with Gasteiger partial charge in [0.25, 0.3) is 0 Å². The monoisotopic (exact) mass is 235 g/mol. The molecule has 3 heteroatoms. The summed E-state index contributed by atoms with van der Waals surface area (Å²) in [6.45, 7) is 4.12. The Morgan fingerprint density at radius 1 is 1.25 bits per heavy atom. The fraction of sp³-hybridized carbons (Fsp3) is 0.308. The zero-order valence-corrected chi connectivity index (χ0v) is 10.2. The smallest absolute Gasteiger partial charge is 0.170 e. The maximum Gasteiger partial charge on any atom is 0.170 e. The van der Waals surface area contributed by atoms with E-state index in [-0.39, 0.29) is 0 Å². The molecular weight excluding hydrogens is 222 g/mol. The number of rotatable bonds is 3. The highest BCUT2D eigenvalue weighted by Gasteiger charge is 2.12. The second kappa shape index (κ2) is 4.71. The van der Waals surface area contributed by atoms with Gasteiger partial charge >= 0.3 is 0 Å². The van der Waals surface area contributed by atoms with Crippen molar-refractivity contribution in [2.45, 2.75) is 26.1 Å². The highest BCUT2D eigenvalue weighted by atomic mass is 35.5. The predicted octanol–water partition coefficient (Wildman–Crippen LogP) is 3.95. The van der Waals surface area contributed by atoms with E-state index < -0.39 is 0 Å². The van der Waals surface area contributed by atoms with Crippen LogP contribution in [0.4, 0.5) is 0 Å². The Hall–Kier alpha value is -1.28. The largest absolute Gasteiger partial charge is 0.356 e. The third-order valence-corrected chi connectivity index (χ3v) is 3.02. The van der Waals surface area contributed by atoms with Gasteiger partial charge in [-0.15, -0.1) is 11.6 Å². The molecule has 0 radical (unpaired) electrons. The Balaban J connectivity index is 2.38. The van der Waals surface area contributed by atoms with Crippen molar-refractivity contribution in [1.82, 2.24) is 5.16 Å². The van der Waals surface area contributed by atoms with E-state index in [1.54, 1.807) is 0 Å². The number of aromatic nitrogens is 1. The van der Waals surface area contributed by atoms with Gasteiger partial charge in [0, 0.05) is 11.1 Å². The molecule has 0 aliphatic carbocycles. The first kappa shape index (κ1) is 11.2. The van der Waals surface area contributed by atoms with Crippen LogP contribution in [-0.4, -0.2) is 5.16 Å². The highest BCUT2D eigenvalue weighted by Crippen LogP contribution is 2.26. The Bertz CT molecular complexity index is 473. The summed E-state index contributed by atoms with van der Waals surface area (Å²) in [5.41, 5.74) is 4.22. The molecule has 0 fully saturated rings. The van der Waals surface area contributed by atoms with Crippen LogP contribution in [0.2, 0.25) is 0 Å². The van der Waals surface area contributed by atoms with E-state index in [4.69, 9.17) is 16.1 Å². The van der Waals surface area contributed by atoms with Crippen LogP contribution in [-0.2, 0) is 12.3 Å². The molecule has 0 saturated carbocycles. The maximum atomic E-state index is 5.76. The highest BCUT2D eigenvalue weighted by molar-refractivity contribution is 6.17. The molecule has 0 amide bonds. The number of halogens is 1. The number of benzene rings is 1. The van der Waals surface area contributed by atoms with Crippen molar-refractivity contribution in [2.75, 3.05) is 0 Å². The van der Waals surface area contributed by atoms with Crippen LogP contribution < -0.4 is 0 Å². The number of alkyl halides is 1. The lowest BCUT2D eigenvalue weighted by Crippen LogP contribution is -1.83.